The lowest BCUT2D eigenvalue weighted by Crippen LogP contribution is -2.24. The van der Waals surface area contributed by atoms with Gasteiger partial charge in [0.1, 0.15) is 17.3 Å². The number of nitrogens with one attached hydrogen (secondary N) is 1. The molecule has 1 aromatic heterocycles. The van der Waals surface area contributed by atoms with Crippen LogP contribution < -0.4 is 9.47 Å². The Kier molecular flexibility index (Phi) is 4.89. The highest BCUT2D eigenvalue weighted by atomic mass is 19.4. The number of hydrogen-bond donors (Lipinski definition) is 1. The van der Waals surface area contributed by atoms with Crippen molar-refractivity contribution < 1.29 is 27.4 Å². The van der Waals surface area contributed by atoms with Crippen molar-refractivity contribution in [2.75, 3.05) is 14.2 Å². The van der Waals surface area contributed by atoms with E-state index >= 15 is 0 Å². The molecule has 0 saturated carbocycles. The number of carbonyl (C=O) groups excluding carboxylic acids is 1. The summed E-state index contributed by atoms with van der Waals surface area (Å²) in [5.41, 5.74) is 0.682. The van der Waals surface area contributed by atoms with Crippen LogP contribution in [0, 0.1) is 0 Å². The number of H-pyrrole nitrogens is 1. The van der Waals surface area contributed by atoms with Gasteiger partial charge < -0.3 is 14.5 Å². The number of para-hydroxylation sites is 2. The minimum Gasteiger partial charge on any atom is -0.497 e. The van der Waals surface area contributed by atoms with E-state index in [1.807, 2.05) is 0 Å². The molecule has 0 spiro atoms. The number of rotatable bonds is 5. The Balaban J connectivity index is 2.18. The van der Waals surface area contributed by atoms with Crippen LogP contribution in [-0.4, -0.2) is 36.1 Å². The number of allylic oxidation sites excluding steroid dienone is 1. The van der Waals surface area contributed by atoms with Gasteiger partial charge in [-0.05, 0) is 35.9 Å². The molecule has 3 rings (SSSR count). The molecule has 0 radical (unpaired) electrons. The third kappa shape index (κ3) is 3.94. The Morgan fingerprint density at radius 2 is 1.70 bits per heavy atom. The molecule has 0 saturated heterocycles. The number of halogens is 3. The van der Waals surface area contributed by atoms with Crippen LogP contribution in [0.3, 0.4) is 0 Å². The van der Waals surface area contributed by atoms with Crippen LogP contribution in [0.4, 0.5) is 13.2 Å². The highest BCUT2D eigenvalue weighted by Gasteiger charge is 2.42. The number of imidazole rings is 1. The first-order valence-corrected chi connectivity index (χ1v) is 7.83. The molecule has 2 aromatic carbocycles. The normalized spacial score (nSPS) is 12.3. The predicted octanol–water partition coefficient (Wildman–Crippen LogP) is 4.25. The summed E-state index contributed by atoms with van der Waals surface area (Å²) >= 11 is 0. The van der Waals surface area contributed by atoms with E-state index in [0.717, 1.165) is 6.08 Å². The van der Waals surface area contributed by atoms with Gasteiger partial charge in [-0.2, -0.15) is 13.2 Å². The fraction of sp³-hybridized carbons (Fsp3) is 0.158. The largest absolute Gasteiger partial charge is 0.497 e. The number of aromatic nitrogens is 2. The van der Waals surface area contributed by atoms with Crippen molar-refractivity contribution >= 4 is 28.5 Å². The standard InChI is InChI=1S/C19H15F3N2O3/c1-26-12-7-11(8-13(10-12)27-2)9-14(17(25)19(20,21)22)18-23-15-5-3-4-6-16(15)24-18/h3-10H,1-2H3,(H,23,24). The average molecular weight is 376 g/mol. The second kappa shape index (κ2) is 7.14. The number of aromatic amines is 1. The van der Waals surface area contributed by atoms with Gasteiger partial charge in [0.2, 0.25) is 0 Å². The van der Waals surface area contributed by atoms with Crippen LogP contribution in [0.5, 0.6) is 11.5 Å². The molecule has 0 unspecified atom stereocenters. The van der Waals surface area contributed by atoms with Crippen molar-refractivity contribution in [1.29, 1.82) is 0 Å². The van der Waals surface area contributed by atoms with Gasteiger partial charge in [0.25, 0.3) is 5.78 Å². The lowest BCUT2D eigenvalue weighted by molar-refractivity contribution is -0.164. The zero-order valence-electron chi connectivity index (χ0n) is 14.4. The summed E-state index contributed by atoms with van der Waals surface area (Å²) in [6, 6.07) is 11.3. The molecule has 5 nitrogen and oxygen atoms in total. The summed E-state index contributed by atoms with van der Waals surface area (Å²) in [5.74, 6) is -1.41. The fourth-order valence-electron chi connectivity index (χ4n) is 2.55. The second-order valence-electron chi connectivity index (χ2n) is 5.63. The molecule has 0 aliphatic heterocycles. The third-order valence-corrected chi connectivity index (χ3v) is 3.83. The summed E-state index contributed by atoms with van der Waals surface area (Å²) in [5, 5.41) is 0. The lowest BCUT2D eigenvalue weighted by Gasteiger charge is -2.09. The summed E-state index contributed by atoms with van der Waals surface area (Å²) < 4.78 is 49.7. The number of ether oxygens (including phenoxy) is 2. The van der Waals surface area contributed by atoms with Gasteiger partial charge in [-0.25, -0.2) is 4.98 Å². The Labute approximate surface area is 152 Å². The van der Waals surface area contributed by atoms with Crippen molar-refractivity contribution in [2.45, 2.75) is 6.18 Å². The number of hydrogen-bond acceptors (Lipinski definition) is 4. The maximum Gasteiger partial charge on any atom is 0.455 e. The van der Waals surface area contributed by atoms with E-state index in [-0.39, 0.29) is 5.82 Å². The molecular formula is C19H15F3N2O3. The Morgan fingerprint density at radius 1 is 1.07 bits per heavy atom. The Hall–Kier alpha value is -3.29. The zero-order valence-corrected chi connectivity index (χ0v) is 14.4. The van der Waals surface area contributed by atoms with Crippen molar-refractivity contribution in [3.63, 3.8) is 0 Å². The van der Waals surface area contributed by atoms with Crippen molar-refractivity contribution in [1.82, 2.24) is 9.97 Å². The number of alkyl halides is 3. The fourth-order valence-corrected chi connectivity index (χ4v) is 2.55. The number of carbonyl (C=O) groups is 1. The maximum atomic E-state index is 13.2. The molecule has 0 aliphatic rings. The lowest BCUT2D eigenvalue weighted by atomic mass is 10.1. The molecule has 1 N–H and O–H groups in total. The van der Waals surface area contributed by atoms with Gasteiger partial charge in [0.15, 0.2) is 0 Å². The van der Waals surface area contributed by atoms with E-state index in [1.54, 1.807) is 30.3 Å². The number of fused-ring (bicyclic) bond motifs is 1. The van der Waals surface area contributed by atoms with Crippen molar-refractivity contribution in [3.8, 4) is 11.5 Å². The predicted molar refractivity (Wildman–Crippen MR) is 94.6 cm³/mol. The van der Waals surface area contributed by atoms with Crippen LogP contribution in [-0.2, 0) is 4.79 Å². The van der Waals surface area contributed by atoms with Crippen molar-refractivity contribution in [3.05, 3.63) is 53.9 Å². The van der Waals surface area contributed by atoms with E-state index in [1.165, 1.54) is 26.4 Å². The molecule has 140 valence electrons. The number of nitrogens with zero attached hydrogens (tertiary/aromatic N) is 1. The van der Waals surface area contributed by atoms with Crippen LogP contribution in [0.15, 0.2) is 42.5 Å². The van der Waals surface area contributed by atoms with Gasteiger partial charge in [-0.1, -0.05) is 12.1 Å². The highest BCUT2D eigenvalue weighted by Crippen LogP contribution is 2.30. The van der Waals surface area contributed by atoms with Crippen LogP contribution in [0.2, 0.25) is 0 Å². The summed E-state index contributed by atoms with van der Waals surface area (Å²) in [7, 11) is 2.84. The molecule has 8 heteroatoms. The number of ketones is 1. The molecule has 1 heterocycles. The van der Waals surface area contributed by atoms with Gasteiger partial charge in [-0.3, -0.25) is 4.79 Å². The smallest absolute Gasteiger partial charge is 0.455 e. The van der Waals surface area contributed by atoms with Gasteiger partial charge in [-0.15, -0.1) is 0 Å². The topological polar surface area (TPSA) is 64.2 Å². The van der Waals surface area contributed by atoms with Crippen molar-refractivity contribution in [2.24, 2.45) is 0 Å². The van der Waals surface area contributed by atoms with Crippen LogP contribution in [0.1, 0.15) is 11.4 Å². The quantitative estimate of drug-likeness (QED) is 0.676. The molecule has 0 fully saturated rings. The molecule has 0 aliphatic carbocycles. The minimum atomic E-state index is -5.05. The Morgan fingerprint density at radius 3 is 2.26 bits per heavy atom. The molecule has 3 aromatic rings. The summed E-state index contributed by atoms with van der Waals surface area (Å²) in [6.45, 7) is 0. The molecular weight excluding hydrogens is 361 g/mol. The molecule has 0 amide bonds. The SMILES string of the molecule is COc1cc(C=C(C(=O)C(F)(F)F)c2nc3ccccc3[nH]2)cc(OC)c1. The first kappa shape index (κ1) is 18.5. The maximum absolute atomic E-state index is 13.2. The molecule has 27 heavy (non-hydrogen) atoms. The molecule has 0 atom stereocenters. The number of Topliss-reactive ketones (excluding diaryl/α,β-unsaturated/α-hetero) is 1. The monoisotopic (exact) mass is 376 g/mol. The number of methoxy groups -OCH3 is 2. The minimum absolute atomic E-state index is 0.166. The van der Waals surface area contributed by atoms with E-state index in [0.29, 0.717) is 28.1 Å². The van der Waals surface area contributed by atoms with E-state index in [4.69, 9.17) is 9.47 Å². The number of benzene rings is 2. The Bertz CT molecular complexity index is 967. The van der Waals surface area contributed by atoms with Gasteiger partial charge in [0, 0.05) is 6.07 Å². The van der Waals surface area contributed by atoms with Gasteiger partial charge >= 0.3 is 6.18 Å². The van der Waals surface area contributed by atoms with Crippen LogP contribution in [0.25, 0.3) is 22.7 Å². The second-order valence-corrected chi connectivity index (χ2v) is 5.63. The average Bonchev–Trinajstić information content (AvgIpc) is 3.08. The van der Waals surface area contributed by atoms with Crippen LogP contribution >= 0.6 is 0 Å². The zero-order chi connectivity index (χ0) is 19.6. The van der Waals surface area contributed by atoms with E-state index in [2.05, 4.69) is 9.97 Å². The van der Waals surface area contributed by atoms with Gasteiger partial charge in [0.05, 0.1) is 30.8 Å². The highest BCUT2D eigenvalue weighted by molar-refractivity contribution is 6.27. The summed E-state index contributed by atoms with van der Waals surface area (Å²) in [6.07, 6.45) is -3.94. The first-order chi connectivity index (χ1) is 12.8. The van der Waals surface area contributed by atoms with E-state index in [9.17, 15) is 18.0 Å². The summed E-state index contributed by atoms with van der Waals surface area (Å²) in [4.78, 5) is 18.9. The molecule has 0 bridgehead atoms. The third-order valence-electron chi connectivity index (χ3n) is 3.83. The first-order valence-electron chi connectivity index (χ1n) is 7.83. The van der Waals surface area contributed by atoms with E-state index < -0.39 is 17.5 Å².